The Labute approximate surface area is 113 Å². The van der Waals surface area contributed by atoms with Crippen LogP contribution in [0.1, 0.15) is 11.1 Å². The minimum absolute atomic E-state index is 0.714. The number of hydrogen-bond acceptors (Lipinski definition) is 2. The highest BCUT2D eigenvalue weighted by atomic mass is 35.5. The molecule has 1 N–H and O–H groups in total. The summed E-state index contributed by atoms with van der Waals surface area (Å²) in [5.74, 6) is 0.901. The number of methoxy groups -OCH3 is 1. The second-order valence-electron chi connectivity index (χ2n) is 4.13. The van der Waals surface area contributed by atoms with Crippen molar-refractivity contribution in [3.05, 3.63) is 58.6 Å². The molecule has 0 saturated heterocycles. The van der Waals surface area contributed by atoms with E-state index in [2.05, 4.69) is 11.4 Å². The fraction of sp³-hybridized carbons (Fsp3) is 0.200. The molecule has 2 nitrogen and oxygen atoms in total. The molecule has 94 valence electrons. The lowest BCUT2D eigenvalue weighted by atomic mass is 10.2. The van der Waals surface area contributed by atoms with Gasteiger partial charge in [-0.05, 0) is 42.3 Å². The highest BCUT2D eigenvalue weighted by Crippen LogP contribution is 2.22. The average Bonchev–Trinajstić information content (AvgIpc) is 2.38. The lowest BCUT2D eigenvalue weighted by Gasteiger charge is -2.10. The second-order valence-corrected chi connectivity index (χ2v) is 4.54. The van der Waals surface area contributed by atoms with Crippen LogP contribution in [0.5, 0.6) is 5.75 Å². The highest BCUT2D eigenvalue weighted by molar-refractivity contribution is 6.31. The number of aryl methyl sites for hydroxylation is 1. The maximum Gasteiger partial charge on any atom is 0.121 e. The first kappa shape index (κ1) is 12.8. The van der Waals surface area contributed by atoms with Crippen LogP contribution in [0, 0.1) is 6.92 Å². The van der Waals surface area contributed by atoms with Gasteiger partial charge in [0, 0.05) is 17.3 Å². The lowest BCUT2D eigenvalue weighted by molar-refractivity contribution is 0.412. The first-order valence-corrected chi connectivity index (χ1v) is 6.20. The minimum atomic E-state index is 0.714. The number of ether oxygens (including phenoxy) is 1. The van der Waals surface area contributed by atoms with Gasteiger partial charge >= 0.3 is 0 Å². The summed E-state index contributed by atoms with van der Waals surface area (Å²) in [5, 5.41) is 4.14. The van der Waals surface area contributed by atoms with Crippen LogP contribution in [0.15, 0.2) is 42.5 Å². The van der Waals surface area contributed by atoms with Gasteiger partial charge in [0.05, 0.1) is 7.11 Å². The molecule has 2 aromatic carbocycles. The van der Waals surface area contributed by atoms with Crippen molar-refractivity contribution in [2.24, 2.45) is 0 Å². The van der Waals surface area contributed by atoms with Crippen molar-refractivity contribution in [1.29, 1.82) is 0 Å². The Morgan fingerprint density at radius 1 is 1.17 bits per heavy atom. The van der Waals surface area contributed by atoms with E-state index in [0.29, 0.717) is 6.54 Å². The quantitative estimate of drug-likeness (QED) is 0.888. The summed E-state index contributed by atoms with van der Waals surface area (Å²) < 4.78 is 5.23. The number of benzene rings is 2. The van der Waals surface area contributed by atoms with Gasteiger partial charge in [0.2, 0.25) is 0 Å². The van der Waals surface area contributed by atoms with E-state index >= 15 is 0 Å². The van der Waals surface area contributed by atoms with Gasteiger partial charge in [-0.25, -0.2) is 0 Å². The molecule has 0 heterocycles. The molecule has 2 aromatic rings. The molecule has 0 aliphatic rings. The van der Waals surface area contributed by atoms with Gasteiger partial charge in [-0.15, -0.1) is 0 Å². The zero-order chi connectivity index (χ0) is 13.0. The van der Waals surface area contributed by atoms with Crippen LogP contribution < -0.4 is 10.1 Å². The van der Waals surface area contributed by atoms with Gasteiger partial charge in [0.25, 0.3) is 0 Å². The van der Waals surface area contributed by atoms with Crippen LogP contribution >= 0.6 is 11.6 Å². The Bertz CT molecular complexity index is 540. The summed E-state index contributed by atoms with van der Waals surface area (Å²) in [6.07, 6.45) is 0. The van der Waals surface area contributed by atoms with Crippen molar-refractivity contribution in [3.8, 4) is 5.75 Å². The van der Waals surface area contributed by atoms with Gasteiger partial charge in [-0.3, -0.25) is 0 Å². The molecule has 0 bridgehead atoms. The molecule has 0 atom stereocenters. The molecular formula is C15H16ClNO. The summed E-state index contributed by atoms with van der Waals surface area (Å²) in [7, 11) is 1.68. The van der Waals surface area contributed by atoms with Crippen molar-refractivity contribution >= 4 is 17.3 Å². The number of nitrogens with one attached hydrogen (secondary N) is 1. The maximum absolute atomic E-state index is 6.11. The van der Waals surface area contributed by atoms with Crippen molar-refractivity contribution in [2.45, 2.75) is 13.5 Å². The zero-order valence-electron chi connectivity index (χ0n) is 10.5. The van der Waals surface area contributed by atoms with Crippen molar-refractivity contribution in [2.75, 3.05) is 12.4 Å². The maximum atomic E-state index is 6.11. The third-order valence-electron chi connectivity index (χ3n) is 2.84. The van der Waals surface area contributed by atoms with E-state index in [1.54, 1.807) is 7.11 Å². The Morgan fingerprint density at radius 2 is 1.94 bits per heavy atom. The highest BCUT2D eigenvalue weighted by Gasteiger charge is 2.01. The van der Waals surface area contributed by atoms with Crippen molar-refractivity contribution in [3.63, 3.8) is 0 Å². The first-order chi connectivity index (χ1) is 8.70. The molecule has 0 aliphatic carbocycles. The largest absolute Gasteiger partial charge is 0.496 e. The Hall–Kier alpha value is -1.67. The van der Waals surface area contributed by atoms with Gasteiger partial charge in [-0.2, -0.15) is 0 Å². The smallest absolute Gasteiger partial charge is 0.121 e. The number of rotatable bonds is 4. The predicted molar refractivity (Wildman–Crippen MR) is 76.5 cm³/mol. The Balaban J connectivity index is 2.07. The standard InChI is InChI=1S/C15H16ClNO/c1-11-9-13(7-8-15(11)18-2)17-10-12-5-3-4-6-14(12)16/h3-9,17H,10H2,1-2H3. The molecule has 0 amide bonds. The molecule has 0 aromatic heterocycles. The molecule has 0 unspecified atom stereocenters. The van der Waals surface area contributed by atoms with Crippen LogP contribution in [-0.2, 0) is 6.54 Å². The number of anilines is 1. The first-order valence-electron chi connectivity index (χ1n) is 5.82. The third kappa shape index (κ3) is 2.96. The normalized spacial score (nSPS) is 10.2. The van der Waals surface area contributed by atoms with Crippen molar-refractivity contribution in [1.82, 2.24) is 0 Å². The molecule has 2 rings (SSSR count). The van der Waals surface area contributed by atoms with Gasteiger partial charge < -0.3 is 10.1 Å². The molecule has 0 aliphatic heterocycles. The molecule has 0 radical (unpaired) electrons. The summed E-state index contributed by atoms with van der Waals surface area (Å²) in [6, 6.07) is 13.9. The summed E-state index contributed by atoms with van der Waals surface area (Å²) >= 11 is 6.11. The lowest BCUT2D eigenvalue weighted by Crippen LogP contribution is -2.00. The van der Waals surface area contributed by atoms with Crippen LogP contribution in [-0.4, -0.2) is 7.11 Å². The molecular weight excluding hydrogens is 246 g/mol. The summed E-state index contributed by atoms with van der Waals surface area (Å²) in [6.45, 7) is 2.74. The Morgan fingerprint density at radius 3 is 2.61 bits per heavy atom. The summed E-state index contributed by atoms with van der Waals surface area (Å²) in [5.41, 5.74) is 3.27. The van der Waals surface area contributed by atoms with E-state index in [-0.39, 0.29) is 0 Å². The zero-order valence-corrected chi connectivity index (χ0v) is 11.3. The van der Waals surface area contributed by atoms with Gasteiger partial charge in [-0.1, -0.05) is 29.8 Å². The van der Waals surface area contributed by atoms with E-state index in [9.17, 15) is 0 Å². The van der Waals surface area contributed by atoms with E-state index < -0.39 is 0 Å². The third-order valence-corrected chi connectivity index (χ3v) is 3.20. The van der Waals surface area contributed by atoms with Gasteiger partial charge in [0.1, 0.15) is 5.75 Å². The second kappa shape index (κ2) is 5.78. The number of hydrogen-bond donors (Lipinski definition) is 1. The van der Waals surface area contributed by atoms with Crippen LogP contribution in [0.3, 0.4) is 0 Å². The molecule has 3 heteroatoms. The van der Waals surface area contributed by atoms with E-state index in [4.69, 9.17) is 16.3 Å². The fourth-order valence-electron chi connectivity index (χ4n) is 1.83. The van der Waals surface area contributed by atoms with E-state index in [1.807, 2.05) is 43.3 Å². The molecule has 0 saturated carbocycles. The van der Waals surface area contributed by atoms with Gasteiger partial charge in [0.15, 0.2) is 0 Å². The predicted octanol–water partition coefficient (Wildman–Crippen LogP) is 4.27. The monoisotopic (exact) mass is 261 g/mol. The van der Waals surface area contributed by atoms with E-state index in [1.165, 1.54) is 0 Å². The SMILES string of the molecule is COc1ccc(NCc2ccccc2Cl)cc1C. The van der Waals surface area contributed by atoms with E-state index in [0.717, 1.165) is 27.6 Å². The minimum Gasteiger partial charge on any atom is -0.496 e. The topological polar surface area (TPSA) is 21.3 Å². The average molecular weight is 262 g/mol. The molecule has 0 spiro atoms. The Kier molecular flexibility index (Phi) is 4.11. The van der Waals surface area contributed by atoms with Crippen molar-refractivity contribution < 1.29 is 4.74 Å². The summed E-state index contributed by atoms with van der Waals surface area (Å²) in [4.78, 5) is 0. The van der Waals surface area contributed by atoms with Crippen LogP contribution in [0.4, 0.5) is 5.69 Å². The van der Waals surface area contributed by atoms with Crippen LogP contribution in [0.2, 0.25) is 5.02 Å². The molecule has 0 fully saturated rings. The van der Waals surface area contributed by atoms with Crippen LogP contribution in [0.25, 0.3) is 0 Å². The fourth-order valence-corrected chi connectivity index (χ4v) is 2.03. The number of halogens is 1. The molecule has 18 heavy (non-hydrogen) atoms.